The number of aromatic nitrogens is 6. The van der Waals surface area contributed by atoms with E-state index in [0.29, 0.717) is 0 Å². The molecule has 3 heterocycles. The van der Waals surface area contributed by atoms with Crippen molar-refractivity contribution in [2.45, 2.75) is 7.43 Å². The van der Waals surface area contributed by atoms with Crippen LogP contribution in [0.25, 0.3) is 0 Å². The van der Waals surface area contributed by atoms with Crippen molar-refractivity contribution in [1.82, 2.24) is 30.6 Å². The molecular weight excluding hydrogens is 256 g/mol. The average Bonchev–Trinajstić information content (AvgIpc) is 3.09. The summed E-state index contributed by atoms with van der Waals surface area (Å²) in [5.74, 6) is 0. The maximum absolute atomic E-state index is 3.47. The van der Waals surface area contributed by atoms with E-state index in [0.717, 1.165) is 0 Å². The zero-order valence-corrected chi connectivity index (χ0v) is 9.49. The molecule has 0 saturated carbocycles. The SMILES string of the molecule is C.[Cr+3].[c-]1cc[nH]n1.[c-]1cc[nH]n1.[c-]1cc[nH]n1. The molecule has 0 saturated heterocycles. The van der Waals surface area contributed by atoms with Crippen molar-refractivity contribution in [3.63, 3.8) is 0 Å². The minimum atomic E-state index is 0. The summed E-state index contributed by atoms with van der Waals surface area (Å²) in [6, 6.07) is 5.12. The maximum atomic E-state index is 3.47. The Morgan fingerprint density at radius 1 is 0.647 bits per heavy atom. The van der Waals surface area contributed by atoms with Gasteiger partial charge in [-0.3, -0.25) is 0 Å². The Morgan fingerprint density at radius 3 is 1.00 bits per heavy atom. The van der Waals surface area contributed by atoms with Crippen molar-refractivity contribution < 1.29 is 17.4 Å². The van der Waals surface area contributed by atoms with Crippen molar-refractivity contribution in [3.05, 3.63) is 55.4 Å². The molecule has 0 bridgehead atoms. The molecule has 0 unspecified atom stereocenters. The third-order valence-corrected chi connectivity index (χ3v) is 1.08. The summed E-state index contributed by atoms with van der Waals surface area (Å²) < 4.78 is 0. The third-order valence-electron chi connectivity index (χ3n) is 1.08. The minimum Gasteiger partial charge on any atom is -0.382 e. The van der Waals surface area contributed by atoms with E-state index < -0.39 is 0 Å². The monoisotopic (exact) mass is 269 g/mol. The molecule has 3 N–H and O–H groups in total. The van der Waals surface area contributed by atoms with Gasteiger partial charge in [0.05, 0.1) is 0 Å². The Labute approximate surface area is 111 Å². The molecule has 0 spiro atoms. The number of hydrogen-bond donors (Lipinski definition) is 3. The van der Waals surface area contributed by atoms with Gasteiger partial charge in [0.15, 0.2) is 0 Å². The van der Waals surface area contributed by atoms with Gasteiger partial charge >= 0.3 is 17.4 Å². The Balaban J connectivity index is 0. The second kappa shape index (κ2) is 14.2. The Hall–Kier alpha value is -1.84. The Bertz CT molecular complexity index is 253. The van der Waals surface area contributed by atoms with E-state index in [1.165, 1.54) is 0 Å². The van der Waals surface area contributed by atoms with Gasteiger partial charge in [-0.15, -0.1) is 37.2 Å². The number of nitrogens with one attached hydrogen (secondary N) is 3. The Kier molecular flexibility index (Phi) is 14.6. The zero-order chi connectivity index (χ0) is 10.6. The van der Waals surface area contributed by atoms with Gasteiger partial charge in [-0.1, -0.05) is 7.43 Å². The first-order valence-corrected chi connectivity index (χ1v) is 4.07. The van der Waals surface area contributed by atoms with E-state index in [4.69, 9.17) is 0 Å². The van der Waals surface area contributed by atoms with E-state index in [1.807, 2.05) is 0 Å². The molecule has 89 valence electrons. The predicted octanol–water partition coefficient (Wildman–Crippen LogP) is 1.26. The predicted molar refractivity (Wildman–Crippen MR) is 59.0 cm³/mol. The van der Waals surface area contributed by atoms with Crippen LogP contribution < -0.4 is 0 Å². The Morgan fingerprint density at radius 2 is 0.941 bits per heavy atom. The van der Waals surface area contributed by atoms with E-state index in [9.17, 15) is 0 Å². The molecule has 6 nitrogen and oxygen atoms in total. The third kappa shape index (κ3) is 12.1. The number of nitrogens with zero attached hydrogens (tertiary/aromatic N) is 3. The largest absolute Gasteiger partial charge is 3.00 e. The van der Waals surface area contributed by atoms with Crippen LogP contribution in [0.1, 0.15) is 7.43 Å². The summed E-state index contributed by atoms with van der Waals surface area (Å²) in [5.41, 5.74) is 0. The summed E-state index contributed by atoms with van der Waals surface area (Å²) in [6.07, 6.45) is 12.8. The number of hydrogen-bond acceptors (Lipinski definition) is 3. The molecule has 7 heteroatoms. The van der Waals surface area contributed by atoms with E-state index in [1.54, 1.807) is 36.8 Å². The van der Waals surface area contributed by atoms with Gasteiger partial charge in [-0.25, -0.2) is 0 Å². The van der Waals surface area contributed by atoms with Crippen LogP contribution in [-0.2, 0) is 17.4 Å². The molecule has 0 aromatic carbocycles. The van der Waals surface area contributed by atoms with E-state index >= 15 is 0 Å². The van der Waals surface area contributed by atoms with E-state index in [-0.39, 0.29) is 24.8 Å². The van der Waals surface area contributed by atoms with Crippen LogP contribution >= 0.6 is 0 Å². The molecular formula is C10H13CrN6. The first-order chi connectivity index (χ1) is 7.50. The van der Waals surface area contributed by atoms with Crippen LogP contribution in [0, 0.1) is 18.6 Å². The van der Waals surface area contributed by atoms with Crippen LogP contribution in [0.3, 0.4) is 0 Å². The molecule has 1 radical (unpaired) electrons. The number of rotatable bonds is 0. The van der Waals surface area contributed by atoms with Crippen LogP contribution in [0.5, 0.6) is 0 Å². The van der Waals surface area contributed by atoms with Gasteiger partial charge in [-0.05, 0) is 0 Å². The summed E-state index contributed by atoms with van der Waals surface area (Å²) in [4.78, 5) is 0. The van der Waals surface area contributed by atoms with Gasteiger partial charge in [0.2, 0.25) is 0 Å². The molecule has 0 aliphatic rings. The standard InChI is InChI=1S/3C3H3N2.CH4.Cr/c3*1-2-4-5-3-1;;/h3*1-2H,(H,4,5);1H4;/q3*-1;;+3. The summed E-state index contributed by atoms with van der Waals surface area (Å²) in [7, 11) is 0. The fourth-order valence-electron chi connectivity index (χ4n) is 0.559. The molecule has 0 aliphatic heterocycles. The van der Waals surface area contributed by atoms with Crippen LogP contribution in [-0.4, -0.2) is 30.6 Å². The molecule has 0 aliphatic carbocycles. The van der Waals surface area contributed by atoms with Crippen molar-refractivity contribution in [2.75, 3.05) is 0 Å². The van der Waals surface area contributed by atoms with Crippen molar-refractivity contribution in [3.8, 4) is 0 Å². The average molecular weight is 269 g/mol. The smallest absolute Gasteiger partial charge is 0.382 e. The minimum absolute atomic E-state index is 0. The fraction of sp³-hybridized carbons (Fsp3) is 0.100. The van der Waals surface area contributed by atoms with Crippen LogP contribution in [0.2, 0.25) is 0 Å². The first-order valence-electron chi connectivity index (χ1n) is 4.07. The van der Waals surface area contributed by atoms with Gasteiger partial charge in [0.1, 0.15) is 0 Å². The van der Waals surface area contributed by atoms with Gasteiger partial charge in [-0.2, -0.15) is 18.2 Å². The quantitative estimate of drug-likeness (QED) is 0.537. The second-order valence-electron chi connectivity index (χ2n) is 2.11. The molecule has 17 heavy (non-hydrogen) atoms. The number of H-pyrrole nitrogens is 3. The molecule has 0 atom stereocenters. The van der Waals surface area contributed by atoms with Crippen molar-refractivity contribution >= 4 is 0 Å². The van der Waals surface area contributed by atoms with Gasteiger partial charge in [0, 0.05) is 0 Å². The molecule has 3 aromatic rings. The maximum Gasteiger partial charge on any atom is 3.00 e. The summed E-state index contributed by atoms with van der Waals surface area (Å²) in [6.45, 7) is 0. The molecule has 0 fully saturated rings. The first kappa shape index (κ1) is 17.6. The topological polar surface area (TPSA) is 86.0 Å². The second-order valence-corrected chi connectivity index (χ2v) is 2.11. The van der Waals surface area contributed by atoms with Crippen LogP contribution in [0.15, 0.2) is 36.8 Å². The van der Waals surface area contributed by atoms with Gasteiger partial charge in [0.25, 0.3) is 0 Å². The fourth-order valence-corrected chi connectivity index (χ4v) is 0.559. The van der Waals surface area contributed by atoms with Gasteiger partial charge < -0.3 is 30.6 Å². The van der Waals surface area contributed by atoms with Crippen LogP contribution in [0.4, 0.5) is 0 Å². The summed E-state index contributed by atoms with van der Waals surface area (Å²) >= 11 is 0. The normalized spacial score (nSPS) is 7.06. The molecule has 0 amide bonds. The zero-order valence-electron chi connectivity index (χ0n) is 8.21. The van der Waals surface area contributed by atoms with Crippen molar-refractivity contribution in [1.29, 1.82) is 0 Å². The van der Waals surface area contributed by atoms with Crippen molar-refractivity contribution in [2.24, 2.45) is 0 Å². The number of aromatic amines is 3. The summed E-state index contributed by atoms with van der Waals surface area (Å²) in [5, 5.41) is 18.1. The van der Waals surface area contributed by atoms with E-state index in [2.05, 4.69) is 49.2 Å². The molecule has 3 rings (SSSR count). The molecule has 3 aromatic heterocycles.